The van der Waals surface area contributed by atoms with Gasteiger partial charge in [-0.15, -0.1) is 13.2 Å². The topological polar surface area (TPSA) is 72.3 Å². The molecule has 0 spiro atoms. The summed E-state index contributed by atoms with van der Waals surface area (Å²) in [6, 6.07) is 3.82. The van der Waals surface area contributed by atoms with Crippen LogP contribution in [0.2, 0.25) is 0 Å². The Morgan fingerprint density at radius 3 is 2.69 bits per heavy atom. The zero-order chi connectivity index (χ0) is 18.9. The number of anilines is 2. The molecular formula is C16H18F3N5O2. The van der Waals surface area contributed by atoms with Crippen LogP contribution in [0.3, 0.4) is 0 Å². The van der Waals surface area contributed by atoms with Crippen molar-refractivity contribution in [3.05, 3.63) is 30.1 Å². The Labute approximate surface area is 147 Å². The molecule has 3 heterocycles. The van der Waals surface area contributed by atoms with E-state index in [9.17, 15) is 18.0 Å². The Hall–Kier alpha value is -2.78. The lowest BCUT2D eigenvalue weighted by molar-refractivity contribution is -0.274. The van der Waals surface area contributed by atoms with E-state index in [2.05, 4.69) is 20.1 Å². The first-order chi connectivity index (χ1) is 12.2. The average Bonchev–Trinajstić information content (AvgIpc) is 2.88. The van der Waals surface area contributed by atoms with E-state index >= 15 is 0 Å². The van der Waals surface area contributed by atoms with E-state index in [0.717, 1.165) is 24.4 Å². The number of nitrogens with zero attached hydrogens (tertiary/aromatic N) is 4. The first-order valence-corrected chi connectivity index (χ1v) is 8.03. The molecule has 0 bridgehead atoms. The summed E-state index contributed by atoms with van der Waals surface area (Å²) >= 11 is 0. The fraction of sp³-hybridized carbons (Fsp3) is 0.438. The van der Waals surface area contributed by atoms with Crippen molar-refractivity contribution in [2.45, 2.75) is 32.2 Å². The van der Waals surface area contributed by atoms with Crippen molar-refractivity contribution in [2.75, 3.05) is 16.8 Å². The first-order valence-electron chi connectivity index (χ1n) is 8.03. The van der Waals surface area contributed by atoms with Crippen LogP contribution in [0.4, 0.5) is 24.8 Å². The molecule has 1 amide bonds. The third kappa shape index (κ3) is 4.06. The van der Waals surface area contributed by atoms with Gasteiger partial charge in [0.05, 0.1) is 11.9 Å². The summed E-state index contributed by atoms with van der Waals surface area (Å²) < 4.78 is 42.0. The van der Waals surface area contributed by atoms with E-state index in [4.69, 9.17) is 0 Å². The molecule has 1 atom stereocenters. The quantitative estimate of drug-likeness (QED) is 0.897. The summed E-state index contributed by atoms with van der Waals surface area (Å²) in [4.78, 5) is 18.3. The molecule has 7 nitrogen and oxygen atoms in total. The maximum Gasteiger partial charge on any atom is 0.573 e. The highest BCUT2D eigenvalue weighted by Gasteiger charge is 2.32. The van der Waals surface area contributed by atoms with Crippen LogP contribution < -0.4 is 15.0 Å². The Balaban J connectivity index is 1.69. The van der Waals surface area contributed by atoms with Crippen molar-refractivity contribution < 1.29 is 22.7 Å². The number of aromatic nitrogens is 3. The van der Waals surface area contributed by atoms with Gasteiger partial charge in [-0.05, 0) is 31.9 Å². The van der Waals surface area contributed by atoms with E-state index in [0.29, 0.717) is 24.6 Å². The van der Waals surface area contributed by atoms with Crippen molar-refractivity contribution >= 4 is 17.5 Å². The minimum absolute atomic E-state index is 0.128. The first kappa shape index (κ1) is 18.0. The normalized spacial score (nSPS) is 18.1. The van der Waals surface area contributed by atoms with Crippen molar-refractivity contribution in [2.24, 2.45) is 7.05 Å². The minimum Gasteiger partial charge on any atom is -0.404 e. The molecule has 10 heteroatoms. The number of halogens is 3. The number of carbonyl (C=O) groups is 1. The van der Waals surface area contributed by atoms with Crippen LogP contribution in [0, 0.1) is 6.92 Å². The second kappa shape index (κ2) is 6.85. The van der Waals surface area contributed by atoms with E-state index in [1.807, 2.05) is 13.0 Å². The number of amides is 1. The van der Waals surface area contributed by atoms with Crippen LogP contribution in [0.5, 0.6) is 5.75 Å². The van der Waals surface area contributed by atoms with Crippen LogP contribution in [0.25, 0.3) is 0 Å². The molecule has 26 heavy (non-hydrogen) atoms. The minimum atomic E-state index is -4.77. The lowest BCUT2D eigenvalue weighted by Crippen LogP contribution is -2.48. The third-order valence-electron chi connectivity index (χ3n) is 3.98. The largest absolute Gasteiger partial charge is 0.573 e. The number of hydrogen-bond acceptors (Lipinski definition) is 5. The van der Waals surface area contributed by atoms with Gasteiger partial charge in [0.15, 0.2) is 0 Å². The van der Waals surface area contributed by atoms with Gasteiger partial charge < -0.3 is 10.1 Å². The van der Waals surface area contributed by atoms with Crippen LogP contribution in [-0.4, -0.2) is 39.6 Å². The fourth-order valence-corrected chi connectivity index (χ4v) is 2.92. The number of rotatable bonds is 4. The van der Waals surface area contributed by atoms with Crippen LogP contribution in [-0.2, 0) is 11.8 Å². The van der Waals surface area contributed by atoms with Gasteiger partial charge in [-0.25, -0.2) is 4.98 Å². The van der Waals surface area contributed by atoms with Crippen molar-refractivity contribution in [3.63, 3.8) is 0 Å². The van der Waals surface area contributed by atoms with Crippen LogP contribution in [0.15, 0.2) is 24.4 Å². The second-order valence-electron chi connectivity index (χ2n) is 6.02. The predicted molar refractivity (Wildman–Crippen MR) is 87.9 cm³/mol. The number of hydrogen-bond donors (Lipinski definition) is 1. The maximum atomic E-state index is 12.8. The lowest BCUT2D eigenvalue weighted by Gasteiger charge is -2.32. The van der Waals surface area contributed by atoms with Gasteiger partial charge in [-0.3, -0.25) is 14.4 Å². The highest BCUT2D eigenvalue weighted by molar-refractivity contribution is 5.98. The number of piperidine rings is 1. The molecule has 1 fully saturated rings. The van der Waals surface area contributed by atoms with Gasteiger partial charge >= 0.3 is 6.36 Å². The standard InChI is InChI=1S/C16H18F3N5O2/c1-10-8-14(23(2)22-10)24-7-3-4-12(15(24)25)21-13-6-5-11(9-20-13)26-16(17,18)19/h5-6,8-9,12H,3-4,7H2,1-2H3,(H,20,21). The van der Waals surface area contributed by atoms with Crippen LogP contribution >= 0.6 is 0 Å². The average molecular weight is 369 g/mol. The van der Waals surface area contributed by atoms with Crippen molar-refractivity contribution in [3.8, 4) is 5.75 Å². The summed E-state index contributed by atoms with van der Waals surface area (Å²) in [6.07, 6.45) is -2.42. The van der Waals surface area contributed by atoms with Gasteiger partial charge in [0.25, 0.3) is 5.91 Å². The van der Waals surface area contributed by atoms with Gasteiger partial charge in [0.1, 0.15) is 23.4 Å². The molecule has 0 saturated carbocycles. The predicted octanol–water partition coefficient (Wildman–Crippen LogP) is 2.63. The number of pyridine rings is 1. The Morgan fingerprint density at radius 1 is 1.35 bits per heavy atom. The third-order valence-corrected chi connectivity index (χ3v) is 3.98. The van der Waals surface area contributed by atoms with Gasteiger partial charge in [-0.1, -0.05) is 0 Å². The lowest BCUT2D eigenvalue weighted by atomic mass is 10.0. The number of ether oxygens (including phenoxy) is 1. The van der Waals surface area contributed by atoms with E-state index < -0.39 is 18.2 Å². The van der Waals surface area contributed by atoms with E-state index in [-0.39, 0.29) is 5.91 Å². The summed E-state index contributed by atoms with van der Waals surface area (Å²) in [5.41, 5.74) is 0.812. The molecule has 3 rings (SSSR count). The Morgan fingerprint density at radius 2 is 2.12 bits per heavy atom. The molecule has 0 radical (unpaired) electrons. The molecule has 1 N–H and O–H groups in total. The molecule has 1 saturated heterocycles. The van der Waals surface area contributed by atoms with Crippen molar-refractivity contribution in [1.29, 1.82) is 0 Å². The second-order valence-corrected chi connectivity index (χ2v) is 6.02. The molecule has 2 aromatic rings. The summed E-state index contributed by atoms with van der Waals surface area (Å²) in [7, 11) is 1.77. The van der Waals surface area contributed by atoms with Crippen molar-refractivity contribution in [1.82, 2.24) is 14.8 Å². The molecular weight excluding hydrogens is 351 g/mol. The molecule has 2 aromatic heterocycles. The molecule has 1 aliphatic rings. The number of carbonyl (C=O) groups excluding carboxylic acids is 1. The zero-order valence-electron chi connectivity index (χ0n) is 14.2. The van der Waals surface area contributed by atoms with Gasteiger partial charge in [0, 0.05) is 19.7 Å². The molecule has 1 unspecified atom stereocenters. The smallest absolute Gasteiger partial charge is 0.404 e. The number of alkyl halides is 3. The highest BCUT2D eigenvalue weighted by Crippen LogP contribution is 2.25. The van der Waals surface area contributed by atoms with Gasteiger partial charge in [0.2, 0.25) is 0 Å². The zero-order valence-corrected chi connectivity index (χ0v) is 14.2. The number of aryl methyl sites for hydroxylation is 2. The molecule has 0 aliphatic carbocycles. The summed E-state index contributed by atoms with van der Waals surface area (Å²) in [5, 5.41) is 7.23. The fourth-order valence-electron chi connectivity index (χ4n) is 2.92. The maximum absolute atomic E-state index is 12.8. The Bertz CT molecular complexity index is 788. The van der Waals surface area contributed by atoms with Gasteiger partial charge in [-0.2, -0.15) is 5.10 Å². The van der Waals surface area contributed by atoms with Crippen LogP contribution in [0.1, 0.15) is 18.5 Å². The molecule has 1 aliphatic heterocycles. The SMILES string of the molecule is Cc1cc(N2CCCC(Nc3ccc(OC(F)(F)F)cn3)C2=O)n(C)n1. The highest BCUT2D eigenvalue weighted by atomic mass is 19.4. The molecule has 140 valence electrons. The summed E-state index contributed by atoms with van der Waals surface area (Å²) in [6.45, 7) is 2.43. The Kier molecular flexibility index (Phi) is 4.75. The van der Waals surface area contributed by atoms with E-state index in [1.165, 1.54) is 6.07 Å². The summed E-state index contributed by atoms with van der Waals surface area (Å²) in [5.74, 6) is 0.475. The monoisotopic (exact) mass is 369 g/mol. The van der Waals surface area contributed by atoms with E-state index in [1.54, 1.807) is 16.6 Å². The molecule has 0 aromatic carbocycles. The number of nitrogens with one attached hydrogen (secondary N) is 1.